The highest BCUT2D eigenvalue weighted by Gasteiger charge is 2.61. The van der Waals surface area contributed by atoms with Gasteiger partial charge in [-0.3, -0.25) is 9.59 Å². The summed E-state index contributed by atoms with van der Waals surface area (Å²) in [4.78, 5) is 26.8. The summed E-state index contributed by atoms with van der Waals surface area (Å²) in [5.41, 5.74) is 0.593. The second-order valence-electron chi connectivity index (χ2n) is 6.90. The zero-order valence-corrected chi connectivity index (χ0v) is 14.5. The summed E-state index contributed by atoms with van der Waals surface area (Å²) in [5.74, 6) is 0.798. The smallest absolute Gasteiger partial charge is 0.253 e. The van der Waals surface area contributed by atoms with Gasteiger partial charge in [-0.2, -0.15) is 0 Å². The average Bonchev–Trinajstić information content (AvgIpc) is 2.96. The minimum atomic E-state index is -0.0463. The Morgan fingerprint density at radius 3 is 2.80 bits per heavy atom. The first kappa shape index (κ1) is 16.2. The van der Waals surface area contributed by atoms with E-state index in [2.05, 4.69) is 5.32 Å². The summed E-state index contributed by atoms with van der Waals surface area (Å²) < 4.78 is 5.23. The van der Waals surface area contributed by atoms with Gasteiger partial charge in [-0.1, -0.05) is 11.6 Å². The van der Waals surface area contributed by atoms with Crippen LogP contribution in [0.4, 0.5) is 0 Å². The second-order valence-corrected chi connectivity index (χ2v) is 7.34. The summed E-state index contributed by atoms with van der Waals surface area (Å²) >= 11 is 5.88. The van der Waals surface area contributed by atoms with Crippen molar-refractivity contribution in [3.8, 4) is 0 Å². The fraction of sp³-hybridized carbons (Fsp3) is 0.368. The number of amides is 2. The minimum Gasteiger partial charge on any atom is -0.467 e. The first-order valence-corrected chi connectivity index (χ1v) is 8.80. The molecule has 1 N–H and O–H groups in total. The Balaban J connectivity index is 1.34. The number of nitrogens with zero attached hydrogens (tertiary/aromatic N) is 1. The molecule has 0 radical (unpaired) electrons. The fourth-order valence-electron chi connectivity index (χ4n) is 3.72. The molecule has 1 aromatic heterocycles. The predicted octanol–water partition coefficient (Wildman–Crippen LogP) is 3.10. The van der Waals surface area contributed by atoms with Crippen LogP contribution >= 0.6 is 11.6 Å². The number of carbonyl (C=O) groups is 2. The Morgan fingerprint density at radius 2 is 2.08 bits per heavy atom. The van der Waals surface area contributed by atoms with Crippen LogP contribution in [0.2, 0.25) is 5.02 Å². The molecule has 1 saturated carbocycles. The van der Waals surface area contributed by atoms with Gasteiger partial charge in [-0.15, -0.1) is 0 Å². The Kier molecular flexibility index (Phi) is 4.04. The highest BCUT2D eigenvalue weighted by atomic mass is 35.5. The molecule has 2 amide bonds. The van der Waals surface area contributed by atoms with E-state index in [0.29, 0.717) is 30.2 Å². The fourth-order valence-corrected chi connectivity index (χ4v) is 3.85. The lowest BCUT2D eigenvalue weighted by atomic mass is 10.0. The maximum Gasteiger partial charge on any atom is 0.253 e. The second kappa shape index (κ2) is 6.23. The van der Waals surface area contributed by atoms with E-state index in [4.69, 9.17) is 16.0 Å². The van der Waals surface area contributed by atoms with Gasteiger partial charge in [0, 0.05) is 35.0 Å². The van der Waals surface area contributed by atoms with Crippen molar-refractivity contribution < 1.29 is 14.0 Å². The molecule has 4 rings (SSSR count). The van der Waals surface area contributed by atoms with Crippen LogP contribution in [-0.4, -0.2) is 29.8 Å². The number of nitrogens with one attached hydrogen (secondary N) is 1. The van der Waals surface area contributed by atoms with Crippen molar-refractivity contribution in [2.75, 3.05) is 13.1 Å². The third-order valence-corrected chi connectivity index (χ3v) is 5.54. The molecular formula is C19H19ClN2O3. The van der Waals surface area contributed by atoms with Crippen LogP contribution in [0.25, 0.3) is 0 Å². The van der Waals surface area contributed by atoms with Gasteiger partial charge >= 0.3 is 0 Å². The van der Waals surface area contributed by atoms with Crippen molar-refractivity contribution in [2.24, 2.45) is 11.3 Å². The summed E-state index contributed by atoms with van der Waals surface area (Å²) in [7, 11) is 0. The number of hydrogen-bond acceptors (Lipinski definition) is 3. The van der Waals surface area contributed by atoms with Crippen LogP contribution in [0.3, 0.4) is 0 Å². The van der Waals surface area contributed by atoms with E-state index < -0.39 is 0 Å². The number of carbonyl (C=O) groups excluding carboxylic acids is 2. The molecule has 25 heavy (non-hydrogen) atoms. The van der Waals surface area contributed by atoms with Crippen molar-refractivity contribution >= 4 is 23.4 Å². The molecule has 1 spiro atoms. The molecule has 1 aliphatic carbocycles. The highest BCUT2D eigenvalue weighted by Crippen LogP contribution is 2.58. The summed E-state index contributed by atoms with van der Waals surface area (Å²) in [5, 5.41) is 3.55. The third kappa shape index (κ3) is 3.16. The third-order valence-electron chi connectivity index (χ3n) is 5.29. The van der Waals surface area contributed by atoms with Gasteiger partial charge in [0.15, 0.2) is 0 Å². The average molecular weight is 359 g/mol. The molecule has 2 atom stereocenters. The quantitative estimate of drug-likeness (QED) is 0.913. The molecule has 6 heteroatoms. The number of furan rings is 1. The summed E-state index contributed by atoms with van der Waals surface area (Å²) in [6.45, 7) is 1.75. The minimum absolute atomic E-state index is 0.00881. The van der Waals surface area contributed by atoms with Gasteiger partial charge in [0.25, 0.3) is 5.91 Å². The lowest BCUT2D eigenvalue weighted by molar-refractivity contribution is -0.123. The van der Waals surface area contributed by atoms with Crippen molar-refractivity contribution in [3.63, 3.8) is 0 Å². The van der Waals surface area contributed by atoms with Gasteiger partial charge in [0.1, 0.15) is 5.76 Å². The molecule has 2 aromatic rings. The number of hydrogen-bond donors (Lipinski definition) is 1. The van der Waals surface area contributed by atoms with Crippen LogP contribution in [0, 0.1) is 11.3 Å². The Bertz CT molecular complexity index is 788. The van der Waals surface area contributed by atoms with Gasteiger partial charge in [0.2, 0.25) is 5.91 Å². The Labute approximate surface area is 150 Å². The van der Waals surface area contributed by atoms with Gasteiger partial charge < -0.3 is 14.6 Å². The van der Waals surface area contributed by atoms with Crippen LogP contribution < -0.4 is 5.32 Å². The van der Waals surface area contributed by atoms with E-state index in [1.807, 2.05) is 11.0 Å². The molecule has 1 aliphatic heterocycles. The van der Waals surface area contributed by atoms with E-state index in [9.17, 15) is 9.59 Å². The highest BCUT2D eigenvalue weighted by molar-refractivity contribution is 6.30. The maximum atomic E-state index is 12.6. The predicted molar refractivity (Wildman–Crippen MR) is 93.1 cm³/mol. The van der Waals surface area contributed by atoms with E-state index in [-0.39, 0.29) is 23.1 Å². The van der Waals surface area contributed by atoms with Crippen LogP contribution in [0.5, 0.6) is 0 Å². The molecule has 0 bridgehead atoms. The van der Waals surface area contributed by atoms with Gasteiger partial charge in [-0.05, 0) is 49.2 Å². The van der Waals surface area contributed by atoms with Crippen molar-refractivity contribution in [2.45, 2.75) is 19.4 Å². The van der Waals surface area contributed by atoms with E-state index >= 15 is 0 Å². The number of rotatable bonds is 4. The zero-order chi connectivity index (χ0) is 17.4. The number of benzene rings is 1. The lowest BCUT2D eigenvalue weighted by Crippen LogP contribution is -2.31. The van der Waals surface area contributed by atoms with Crippen molar-refractivity contribution in [1.82, 2.24) is 10.2 Å². The molecule has 0 unspecified atom stereocenters. The van der Waals surface area contributed by atoms with Gasteiger partial charge in [-0.25, -0.2) is 0 Å². The Morgan fingerprint density at radius 1 is 1.28 bits per heavy atom. The SMILES string of the molecule is O=C(NCc1ccco1)[C@H]1C[C@]12CCN(C(=O)c1ccc(Cl)cc1)C2. The molecular weight excluding hydrogens is 340 g/mol. The van der Waals surface area contributed by atoms with Gasteiger partial charge in [0.05, 0.1) is 12.8 Å². The summed E-state index contributed by atoms with van der Waals surface area (Å²) in [6.07, 6.45) is 3.32. The van der Waals surface area contributed by atoms with Crippen molar-refractivity contribution in [3.05, 3.63) is 59.0 Å². The van der Waals surface area contributed by atoms with E-state index in [0.717, 1.165) is 18.6 Å². The molecule has 2 heterocycles. The zero-order valence-electron chi connectivity index (χ0n) is 13.7. The maximum absolute atomic E-state index is 12.6. The summed E-state index contributed by atoms with van der Waals surface area (Å²) in [6, 6.07) is 10.6. The molecule has 130 valence electrons. The molecule has 5 nitrogen and oxygen atoms in total. The van der Waals surface area contributed by atoms with E-state index in [1.165, 1.54) is 0 Å². The molecule has 2 fully saturated rings. The molecule has 1 aromatic carbocycles. The topological polar surface area (TPSA) is 62.6 Å². The first-order chi connectivity index (χ1) is 12.1. The van der Waals surface area contributed by atoms with Crippen LogP contribution in [0.15, 0.2) is 47.1 Å². The first-order valence-electron chi connectivity index (χ1n) is 8.42. The largest absolute Gasteiger partial charge is 0.467 e. The lowest BCUT2D eigenvalue weighted by Gasteiger charge is -2.17. The van der Waals surface area contributed by atoms with E-state index in [1.54, 1.807) is 36.6 Å². The number of likely N-dealkylation sites (tertiary alicyclic amines) is 1. The molecule has 1 saturated heterocycles. The molecule has 2 aliphatic rings. The van der Waals surface area contributed by atoms with Crippen LogP contribution in [0.1, 0.15) is 29.0 Å². The number of halogens is 1. The monoisotopic (exact) mass is 358 g/mol. The Hall–Kier alpha value is -2.27. The van der Waals surface area contributed by atoms with Crippen LogP contribution in [-0.2, 0) is 11.3 Å². The standard InChI is InChI=1S/C19H19ClN2O3/c20-14-5-3-13(4-6-14)18(24)22-8-7-19(12-22)10-16(19)17(23)21-11-15-2-1-9-25-15/h1-6,9,16H,7-8,10-12H2,(H,21,23)/t16-,19+/m1/s1. The van der Waals surface area contributed by atoms with Crippen molar-refractivity contribution in [1.29, 1.82) is 0 Å². The normalized spacial score (nSPS) is 24.5.